The molecule has 0 heterocycles. The number of benzene rings is 2. The molecule has 2 heteroatoms. The molecular weight excluding hydrogens is 310 g/mol. The highest BCUT2D eigenvalue weighted by Gasteiger charge is 2.32. The minimum absolute atomic E-state index is 0.369. The van der Waals surface area contributed by atoms with E-state index in [1.807, 2.05) is 0 Å². The molecule has 0 spiro atoms. The van der Waals surface area contributed by atoms with Crippen LogP contribution in [0.25, 0.3) is 0 Å². The third kappa shape index (κ3) is 3.31. The SMILES string of the molecule is C[C@H](NC(c1ccccc1)C1CC1)c1ccc(Br)cc1. The zero-order valence-corrected chi connectivity index (χ0v) is 13.3. The third-order valence-electron chi connectivity index (χ3n) is 4.05. The second-order valence-electron chi connectivity index (χ2n) is 5.67. The van der Waals surface area contributed by atoms with Gasteiger partial charge >= 0.3 is 0 Å². The first-order valence-electron chi connectivity index (χ1n) is 7.30. The highest BCUT2D eigenvalue weighted by atomic mass is 79.9. The largest absolute Gasteiger partial charge is 0.303 e. The molecular formula is C18H20BrN. The van der Waals surface area contributed by atoms with E-state index in [9.17, 15) is 0 Å². The van der Waals surface area contributed by atoms with E-state index >= 15 is 0 Å². The summed E-state index contributed by atoms with van der Waals surface area (Å²) < 4.78 is 1.13. The lowest BCUT2D eigenvalue weighted by Gasteiger charge is -2.24. The average Bonchev–Trinajstić information content (AvgIpc) is 3.31. The summed E-state index contributed by atoms with van der Waals surface area (Å²) in [5, 5.41) is 3.82. The van der Waals surface area contributed by atoms with E-state index in [0.29, 0.717) is 12.1 Å². The molecule has 0 radical (unpaired) electrons. The van der Waals surface area contributed by atoms with E-state index in [1.54, 1.807) is 0 Å². The number of halogens is 1. The summed E-state index contributed by atoms with van der Waals surface area (Å²) in [5.74, 6) is 0.801. The van der Waals surface area contributed by atoms with Crippen LogP contribution in [-0.2, 0) is 0 Å². The predicted octanol–water partition coefficient (Wildman–Crippen LogP) is 5.25. The van der Waals surface area contributed by atoms with Crippen LogP contribution in [0.4, 0.5) is 0 Å². The summed E-state index contributed by atoms with van der Waals surface area (Å²) in [7, 11) is 0. The van der Waals surface area contributed by atoms with Crippen LogP contribution in [0.2, 0.25) is 0 Å². The van der Waals surface area contributed by atoms with Gasteiger partial charge in [-0.25, -0.2) is 0 Å². The number of hydrogen-bond donors (Lipinski definition) is 1. The van der Waals surface area contributed by atoms with Crippen LogP contribution in [0.1, 0.15) is 43.0 Å². The molecule has 20 heavy (non-hydrogen) atoms. The lowest BCUT2D eigenvalue weighted by Crippen LogP contribution is -2.26. The zero-order chi connectivity index (χ0) is 13.9. The fourth-order valence-electron chi connectivity index (χ4n) is 2.71. The molecule has 0 aromatic heterocycles. The molecule has 0 aliphatic heterocycles. The summed E-state index contributed by atoms with van der Waals surface area (Å²) in [4.78, 5) is 0. The van der Waals surface area contributed by atoms with Crippen LogP contribution >= 0.6 is 15.9 Å². The van der Waals surface area contributed by atoms with Gasteiger partial charge in [-0.1, -0.05) is 58.4 Å². The average molecular weight is 330 g/mol. The molecule has 2 aromatic rings. The van der Waals surface area contributed by atoms with E-state index in [2.05, 4.69) is 82.8 Å². The van der Waals surface area contributed by atoms with E-state index < -0.39 is 0 Å². The quantitative estimate of drug-likeness (QED) is 0.789. The van der Waals surface area contributed by atoms with Crippen LogP contribution in [0.15, 0.2) is 59.1 Å². The molecule has 1 saturated carbocycles. The molecule has 2 atom stereocenters. The van der Waals surface area contributed by atoms with Gasteiger partial charge < -0.3 is 5.32 Å². The maximum atomic E-state index is 3.82. The van der Waals surface area contributed by atoms with Gasteiger partial charge in [0, 0.05) is 16.6 Å². The normalized spacial score (nSPS) is 17.7. The Morgan fingerprint density at radius 2 is 1.60 bits per heavy atom. The van der Waals surface area contributed by atoms with Crippen molar-refractivity contribution < 1.29 is 0 Å². The van der Waals surface area contributed by atoms with E-state index in [1.165, 1.54) is 24.0 Å². The molecule has 3 rings (SSSR count). The van der Waals surface area contributed by atoms with Crippen LogP contribution in [0.3, 0.4) is 0 Å². The van der Waals surface area contributed by atoms with Gasteiger partial charge in [0.05, 0.1) is 0 Å². The highest BCUT2D eigenvalue weighted by molar-refractivity contribution is 9.10. The van der Waals surface area contributed by atoms with Crippen molar-refractivity contribution in [2.75, 3.05) is 0 Å². The second kappa shape index (κ2) is 6.11. The molecule has 104 valence electrons. The van der Waals surface area contributed by atoms with Gasteiger partial charge in [0.1, 0.15) is 0 Å². The van der Waals surface area contributed by atoms with E-state index in [-0.39, 0.29) is 0 Å². The van der Waals surface area contributed by atoms with Gasteiger partial charge in [-0.3, -0.25) is 0 Å². The monoisotopic (exact) mass is 329 g/mol. The first kappa shape index (κ1) is 13.8. The molecule has 0 saturated heterocycles. The summed E-state index contributed by atoms with van der Waals surface area (Å²) in [6.45, 7) is 2.25. The van der Waals surface area contributed by atoms with Crippen LogP contribution in [-0.4, -0.2) is 0 Å². The van der Waals surface area contributed by atoms with E-state index in [0.717, 1.165) is 10.4 Å². The van der Waals surface area contributed by atoms with Crippen molar-refractivity contribution >= 4 is 15.9 Å². The second-order valence-corrected chi connectivity index (χ2v) is 6.58. The van der Waals surface area contributed by atoms with Crippen molar-refractivity contribution in [3.8, 4) is 0 Å². The molecule has 0 bridgehead atoms. The smallest absolute Gasteiger partial charge is 0.0353 e. The van der Waals surface area contributed by atoms with Gasteiger partial charge in [-0.2, -0.15) is 0 Å². The number of rotatable bonds is 5. The Labute approximate surface area is 129 Å². The minimum Gasteiger partial charge on any atom is -0.303 e. The first-order valence-corrected chi connectivity index (χ1v) is 8.10. The molecule has 1 nitrogen and oxygen atoms in total. The molecule has 2 aromatic carbocycles. The fraction of sp³-hybridized carbons (Fsp3) is 0.333. The Hall–Kier alpha value is -1.12. The van der Waals surface area contributed by atoms with Crippen molar-refractivity contribution in [2.24, 2.45) is 5.92 Å². The van der Waals surface area contributed by atoms with Gasteiger partial charge in [0.15, 0.2) is 0 Å². The predicted molar refractivity (Wildman–Crippen MR) is 87.6 cm³/mol. The number of nitrogens with one attached hydrogen (secondary N) is 1. The Morgan fingerprint density at radius 1 is 0.950 bits per heavy atom. The van der Waals surface area contributed by atoms with Crippen LogP contribution in [0, 0.1) is 5.92 Å². The summed E-state index contributed by atoms with van der Waals surface area (Å²) in [5.41, 5.74) is 2.76. The molecule has 1 N–H and O–H groups in total. The van der Waals surface area contributed by atoms with Crippen molar-refractivity contribution in [2.45, 2.75) is 31.8 Å². The maximum Gasteiger partial charge on any atom is 0.0353 e. The third-order valence-corrected chi connectivity index (χ3v) is 4.58. The number of hydrogen-bond acceptors (Lipinski definition) is 1. The van der Waals surface area contributed by atoms with Crippen molar-refractivity contribution in [3.05, 3.63) is 70.2 Å². The zero-order valence-electron chi connectivity index (χ0n) is 11.7. The standard InChI is InChI=1S/C18H20BrN/c1-13(14-9-11-17(19)12-10-14)20-18(16-7-8-16)15-5-3-2-4-6-15/h2-6,9-13,16,18,20H,7-8H2,1H3/t13-,18?/m0/s1. The van der Waals surface area contributed by atoms with Crippen molar-refractivity contribution in [1.82, 2.24) is 5.32 Å². The van der Waals surface area contributed by atoms with E-state index in [4.69, 9.17) is 0 Å². The Bertz CT molecular complexity index is 545. The van der Waals surface area contributed by atoms with Crippen LogP contribution in [0.5, 0.6) is 0 Å². The lowest BCUT2D eigenvalue weighted by atomic mass is 9.99. The Kier molecular flexibility index (Phi) is 4.23. The topological polar surface area (TPSA) is 12.0 Å². The van der Waals surface area contributed by atoms with Crippen molar-refractivity contribution in [3.63, 3.8) is 0 Å². The highest BCUT2D eigenvalue weighted by Crippen LogP contribution is 2.42. The Balaban J connectivity index is 1.75. The molecule has 1 fully saturated rings. The van der Waals surface area contributed by atoms with Gasteiger partial charge in [0.25, 0.3) is 0 Å². The summed E-state index contributed by atoms with van der Waals surface area (Å²) >= 11 is 3.49. The fourth-order valence-corrected chi connectivity index (χ4v) is 2.98. The maximum absolute atomic E-state index is 3.82. The molecule has 1 aliphatic carbocycles. The molecule has 1 aliphatic rings. The molecule has 0 amide bonds. The van der Waals surface area contributed by atoms with Gasteiger partial charge in [-0.15, -0.1) is 0 Å². The minimum atomic E-state index is 0.369. The summed E-state index contributed by atoms with van der Waals surface area (Å²) in [6, 6.07) is 20.3. The Morgan fingerprint density at radius 3 is 2.20 bits per heavy atom. The van der Waals surface area contributed by atoms with Gasteiger partial charge in [-0.05, 0) is 48.9 Å². The summed E-state index contributed by atoms with van der Waals surface area (Å²) in [6.07, 6.45) is 2.69. The van der Waals surface area contributed by atoms with Gasteiger partial charge in [0.2, 0.25) is 0 Å². The lowest BCUT2D eigenvalue weighted by molar-refractivity contribution is 0.427. The first-order chi connectivity index (χ1) is 9.74. The molecule has 1 unspecified atom stereocenters. The van der Waals surface area contributed by atoms with Crippen LogP contribution < -0.4 is 5.32 Å². The van der Waals surface area contributed by atoms with Crippen molar-refractivity contribution in [1.29, 1.82) is 0 Å².